The molecule has 0 saturated carbocycles. The van der Waals surface area contributed by atoms with Crippen LogP contribution in [0.5, 0.6) is 0 Å². The molecule has 0 aliphatic heterocycles. The number of anilines is 1. The zero-order chi connectivity index (χ0) is 14.4. The SMILES string of the molecule is CCOC(=O)CCCNc1nnc(C)c2ccccc12. The molecule has 5 heteroatoms. The second-order valence-corrected chi connectivity index (χ2v) is 4.51. The molecule has 0 fully saturated rings. The molecule has 1 N–H and O–H groups in total. The maximum atomic E-state index is 11.2. The fourth-order valence-corrected chi connectivity index (χ4v) is 2.04. The minimum Gasteiger partial charge on any atom is -0.466 e. The van der Waals surface area contributed by atoms with Gasteiger partial charge >= 0.3 is 5.97 Å². The summed E-state index contributed by atoms with van der Waals surface area (Å²) in [4.78, 5) is 11.2. The summed E-state index contributed by atoms with van der Waals surface area (Å²) >= 11 is 0. The van der Waals surface area contributed by atoms with Gasteiger partial charge in [-0.25, -0.2) is 0 Å². The van der Waals surface area contributed by atoms with Gasteiger partial charge in [0.2, 0.25) is 0 Å². The number of nitrogens with one attached hydrogen (secondary N) is 1. The van der Waals surface area contributed by atoms with E-state index in [0.29, 0.717) is 26.0 Å². The highest BCUT2D eigenvalue weighted by atomic mass is 16.5. The van der Waals surface area contributed by atoms with Gasteiger partial charge in [0.1, 0.15) is 0 Å². The molecule has 1 heterocycles. The van der Waals surface area contributed by atoms with E-state index in [2.05, 4.69) is 15.5 Å². The van der Waals surface area contributed by atoms with E-state index in [0.717, 1.165) is 22.3 Å². The number of aromatic nitrogens is 2. The van der Waals surface area contributed by atoms with Crippen molar-refractivity contribution in [1.29, 1.82) is 0 Å². The number of rotatable bonds is 6. The summed E-state index contributed by atoms with van der Waals surface area (Å²) in [5.74, 6) is 0.601. The summed E-state index contributed by atoms with van der Waals surface area (Å²) in [7, 11) is 0. The van der Waals surface area contributed by atoms with Crippen LogP contribution in [0.25, 0.3) is 10.8 Å². The average molecular weight is 273 g/mol. The van der Waals surface area contributed by atoms with Crippen molar-refractivity contribution in [2.24, 2.45) is 0 Å². The number of carbonyl (C=O) groups excluding carboxylic acids is 1. The smallest absolute Gasteiger partial charge is 0.305 e. The average Bonchev–Trinajstić information content (AvgIpc) is 2.46. The Labute approximate surface area is 118 Å². The third-order valence-corrected chi connectivity index (χ3v) is 3.03. The molecule has 1 aromatic heterocycles. The highest BCUT2D eigenvalue weighted by Gasteiger charge is 2.06. The van der Waals surface area contributed by atoms with Gasteiger partial charge in [0, 0.05) is 23.7 Å². The van der Waals surface area contributed by atoms with Gasteiger partial charge in [-0.05, 0) is 20.3 Å². The van der Waals surface area contributed by atoms with Crippen LogP contribution in [-0.4, -0.2) is 29.3 Å². The lowest BCUT2D eigenvalue weighted by Gasteiger charge is -2.09. The van der Waals surface area contributed by atoms with Gasteiger partial charge in [-0.1, -0.05) is 24.3 Å². The fraction of sp³-hybridized carbons (Fsp3) is 0.400. The van der Waals surface area contributed by atoms with E-state index in [1.807, 2.05) is 38.1 Å². The van der Waals surface area contributed by atoms with Crippen molar-refractivity contribution in [2.45, 2.75) is 26.7 Å². The van der Waals surface area contributed by atoms with Crippen molar-refractivity contribution in [2.75, 3.05) is 18.5 Å². The largest absolute Gasteiger partial charge is 0.466 e. The standard InChI is InChI=1S/C15H19N3O2/c1-3-20-14(19)9-6-10-16-15-13-8-5-4-7-12(13)11(2)17-18-15/h4-5,7-8H,3,6,9-10H2,1-2H3,(H,16,18). The van der Waals surface area contributed by atoms with Crippen LogP contribution in [0.1, 0.15) is 25.5 Å². The number of aryl methyl sites for hydroxylation is 1. The quantitative estimate of drug-likeness (QED) is 0.647. The molecule has 0 spiro atoms. The molecule has 0 bridgehead atoms. The highest BCUT2D eigenvalue weighted by molar-refractivity contribution is 5.92. The van der Waals surface area contributed by atoms with Crippen molar-refractivity contribution in [1.82, 2.24) is 10.2 Å². The van der Waals surface area contributed by atoms with Crippen molar-refractivity contribution < 1.29 is 9.53 Å². The van der Waals surface area contributed by atoms with Gasteiger partial charge in [-0.15, -0.1) is 5.10 Å². The van der Waals surface area contributed by atoms with Gasteiger partial charge in [-0.3, -0.25) is 4.79 Å². The van der Waals surface area contributed by atoms with Crippen LogP contribution >= 0.6 is 0 Å². The molecule has 20 heavy (non-hydrogen) atoms. The second-order valence-electron chi connectivity index (χ2n) is 4.51. The molecule has 1 aromatic carbocycles. The molecule has 0 amide bonds. The molecular formula is C15H19N3O2. The van der Waals surface area contributed by atoms with E-state index >= 15 is 0 Å². The molecule has 0 unspecified atom stereocenters. The Bertz CT molecular complexity index is 599. The maximum absolute atomic E-state index is 11.2. The number of nitrogens with zero attached hydrogens (tertiary/aromatic N) is 2. The Kier molecular flexibility index (Phi) is 4.87. The van der Waals surface area contributed by atoms with Crippen molar-refractivity contribution in [3.05, 3.63) is 30.0 Å². The zero-order valence-corrected chi connectivity index (χ0v) is 11.8. The normalized spacial score (nSPS) is 10.5. The Balaban J connectivity index is 1.97. The van der Waals surface area contributed by atoms with Crippen LogP contribution in [0.4, 0.5) is 5.82 Å². The van der Waals surface area contributed by atoms with Crippen LogP contribution in [-0.2, 0) is 9.53 Å². The molecule has 0 atom stereocenters. The van der Waals surface area contributed by atoms with Gasteiger partial charge in [0.25, 0.3) is 0 Å². The number of fused-ring (bicyclic) bond motifs is 1. The molecule has 106 valence electrons. The molecule has 2 aromatic rings. The van der Waals surface area contributed by atoms with E-state index in [9.17, 15) is 4.79 Å². The fourth-order valence-electron chi connectivity index (χ4n) is 2.04. The van der Waals surface area contributed by atoms with Crippen LogP contribution in [0, 0.1) is 6.92 Å². The predicted molar refractivity (Wildman–Crippen MR) is 78.6 cm³/mol. The summed E-state index contributed by atoms with van der Waals surface area (Å²) in [5, 5.41) is 13.7. The van der Waals surface area contributed by atoms with E-state index in [1.54, 1.807) is 0 Å². The van der Waals surface area contributed by atoms with Crippen LogP contribution in [0.2, 0.25) is 0 Å². The summed E-state index contributed by atoms with van der Waals surface area (Å²) in [6, 6.07) is 8.02. The molecule has 2 rings (SSSR count). The summed E-state index contributed by atoms with van der Waals surface area (Å²) in [6.45, 7) is 4.85. The summed E-state index contributed by atoms with van der Waals surface area (Å²) in [5.41, 5.74) is 0.915. The number of benzene rings is 1. The first-order valence-electron chi connectivity index (χ1n) is 6.84. The van der Waals surface area contributed by atoms with E-state index in [4.69, 9.17) is 4.74 Å². The summed E-state index contributed by atoms with van der Waals surface area (Å²) in [6.07, 6.45) is 1.13. The first kappa shape index (κ1) is 14.2. The van der Waals surface area contributed by atoms with Crippen LogP contribution in [0.3, 0.4) is 0 Å². The monoisotopic (exact) mass is 273 g/mol. The number of ether oxygens (including phenoxy) is 1. The highest BCUT2D eigenvalue weighted by Crippen LogP contribution is 2.22. The van der Waals surface area contributed by atoms with Crippen molar-refractivity contribution >= 4 is 22.6 Å². The third kappa shape index (κ3) is 3.44. The van der Waals surface area contributed by atoms with Crippen molar-refractivity contribution in [3.8, 4) is 0 Å². The van der Waals surface area contributed by atoms with E-state index in [1.165, 1.54) is 0 Å². The third-order valence-electron chi connectivity index (χ3n) is 3.03. The predicted octanol–water partition coefficient (Wildman–Crippen LogP) is 2.69. The van der Waals surface area contributed by atoms with Gasteiger partial charge in [0.15, 0.2) is 5.82 Å². The molecule has 0 radical (unpaired) electrons. The topological polar surface area (TPSA) is 64.1 Å². The Hall–Kier alpha value is -2.17. The Morgan fingerprint density at radius 3 is 2.75 bits per heavy atom. The van der Waals surface area contributed by atoms with Crippen LogP contribution < -0.4 is 5.32 Å². The number of hydrogen-bond donors (Lipinski definition) is 1. The molecule has 0 saturated heterocycles. The Morgan fingerprint density at radius 2 is 2.00 bits per heavy atom. The summed E-state index contributed by atoms with van der Waals surface area (Å²) < 4.78 is 4.89. The number of hydrogen-bond acceptors (Lipinski definition) is 5. The van der Waals surface area contributed by atoms with Crippen LogP contribution in [0.15, 0.2) is 24.3 Å². The van der Waals surface area contributed by atoms with E-state index < -0.39 is 0 Å². The molecule has 5 nitrogen and oxygen atoms in total. The van der Waals surface area contributed by atoms with Gasteiger partial charge in [-0.2, -0.15) is 5.10 Å². The molecule has 0 aliphatic rings. The lowest BCUT2D eigenvalue weighted by Crippen LogP contribution is -2.09. The minimum absolute atomic E-state index is 0.158. The molecule has 0 aliphatic carbocycles. The Morgan fingerprint density at radius 1 is 1.25 bits per heavy atom. The van der Waals surface area contributed by atoms with E-state index in [-0.39, 0.29) is 5.97 Å². The van der Waals surface area contributed by atoms with Crippen molar-refractivity contribution in [3.63, 3.8) is 0 Å². The second kappa shape index (κ2) is 6.84. The van der Waals surface area contributed by atoms with Gasteiger partial charge < -0.3 is 10.1 Å². The zero-order valence-electron chi connectivity index (χ0n) is 11.8. The van der Waals surface area contributed by atoms with Gasteiger partial charge in [0.05, 0.1) is 12.3 Å². The lowest BCUT2D eigenvalue weighted by molar-refractivity contribution is -0.143. The molecular weight excluding hydrogens is 254 g/mol. The number of carbonyl (C=O) groups is 1. The number of esters is 1. The lowest BCUT2D eigenvalue weighted by atomic mass is 10.1. The maximum Gasteiger partial charge on any atom is 0.305 e. The first-order valence-corrected chi connectivity index (χ1v) is 6.84. The minimum atomic E-state index is -0.158. The first-order chi connectivity index (χ1) is 9.72.